The van der Waals surface area contributed by atoms with E-state index < -0.39 is 12.0 Å². The van der Waals surface area contributed by atoms with Crippen LogP contribution >= 0.6 is 0 Å². The molecule has 1 unspecified atom stereocenters. The van der Waals surface area contributed by atoms with Crippen LogP contribution in [0, 0.1) is 13.8 Å². The van der Waals surface area contributed by atoms with Gasteiger partial charge in [-0.15, -0.1) is 0 Å². The van der Waals surface area contributed by atoms with Gasteiger partial charge in [0.05, 0.1) is 5.56 Å². The van der Waals surface area contributed by atoms with Crippen molar-refractivity contribution in [3.63, 3.8) is 0 Å². The van der Waals surface area contributed by atoms with Crippen molar-refractivity contribution in [3.8, 4) is 0 Å². The number of hydrogen-bond acceptors (Lipinski definition) is 3. The van der Waals surface area contributed by atoms with Gasteiger partial charge in [-0.2, -0.15) is 0 Å². The van der Waals surface area contributed by atoms with Crippen LogP contribution in [0.4, 0.5) is 5.69 Å². The minimum Gasteiger partial charge on any atom is -0.478 e. The number of carbonyl (C=O) groups is 3. The van der Waals surface area contributed by atoms with E-state index in [2.05, 4.69) is 5.32 Å². The molecule has 6 nitrogen and oxygen atoms in total. The molecule has 1 fully saturated rings. The number of hydrogen-bond donors (Lipinski definition) is 2. The van der Waals surface area contributed by atoms with Gasteiger partial charge in [0.1, 0.15) is 6.04 Å². The van der Waals surface area contributed by atoms with Crippen molar-refractivity contribution < 1.29 is 19.5 Å². The molecule has 0 bridgehead atoms. The van der Waals surface area contributed by atoms with Gasteiger partial charge in [-0.25, -0.2) is 4.79 Å². The Morgan fingerprint density at radius 1 is 1.15 bits per heavy atom. The summed E-state index contributed by atoms with van der Waals surface area (Å²) in [5, 5.41) is 11.9. The number of likely N-dealkylation sites (tertiary alicyclic amines) is 1. The van der Waals surface area contributed by atoms with Gasteiger partial charge in [-0.3, -0.25) is 9.59 Å². The smallest absolute Gasteiger partial charge is 0.335 e. The number of aromatic carboxylic acids is 1. The third-order valence-electron chi connectivity index (χ3n) is 4.85. The zero-order valence-electron chi connectivity index (χ0n) is 15.4. The number of nitrogens with one attached hydrogen (secondary N) is 1. The molecule has 1 aliphatic heterocycles. The number of aryl methyl sites for hydroxylation is 2. The van der Waals surface area contributed by atoms with Crippen molar-refractivity contribution in [2.24, 2.45) is 0 Å². The molecule has 2 amide bonds. The first-order valence-electron chi connectivity index (χ1n) is 8.85. The summed E-state index contributed by atoms with van der Waals surface area (Å²) in [4.78, 5) is 37.8. The Morgan fingerprint density at radius 3 is 2.52 bits per heavy atom. The van der Waals surface area contributed by atoms with Crippen molar-refractivity contribution >= 4 is 23.5 Å². The molecule has 27 heavy (non-hydrogen) atoms. The second-order valence-electron chi connectivity index (χ2n) is 6.89. The molecule has 2 aromatic rings. The molecule has 1 saturated heterocycles. The first kappa shape index (κ1) is 18.6. The normalized spacial score (nSPS) is 16.4. The van der Waals surface area contributed by atoms with E-state index in [0.717, 1.165) is 16.7 Å². The maximum Gasteiger partial charge on any atom is 0.335 e. The lowest BCUT2D eigenvalue weighted by Crippen LogP contribution is -2.41. The first-order chi connectivity index (χ1) is 12.8. The largest absolute Gasteiger partial charge is 0.478 e. The summed E-state index contributed by atoms with van der Waals surface area (Å²) in [5.41, 5.74) is 3.43. The van der Waals surface area contributed by atoms with Gasteiger partial charge in [0.15, 0.2) is 0 Å². The quantitative estimate of drug-likeness (QED) is 0.851. The lowest BCUT2D eigenvalue weighted by Gasteiger charge is -2.24. The van der Waals surface area contributed by atoms with Crippen molar-refractivity contribution in [1.82, 2.24) is 4.90 Å². The van der Waals surface area contributed by atoms with Gasteiger partial charge in [0, 0.05) is 18.7 Å². The summed E-state index contributed by atoms with van der Waals surface area (Å²) in [6.07, 6.45) is 0.784. The highest BCUT2D eigenvalue weighted by atomic mass is 16.4. The average molecular weight is 366 g/mol. The first-order valence-corrected chi connectivity index (χ1v) is 8.85. The van der Waals surface area contributed by atoms with E-state index in [1.165, 1.54) is 12.1 Å². The van der Waals surface area contributed by atoms with E-state index in [1.54, 1.807) is 17.9 Å². The van der Waals surface area contributed by atoms with Gasteiger partial charge in [-0.05, 0) is 43.5 Å². The SMILES string of the molecule is Cc1ccc(CN2C(=O)CCC2C(=O)Nc2cc(C(=O)O)ccc2C)cc1. The van der Waals surface area contributed by atoms with Gasteiger partial charge in [0.25, 0.3) is 0 Å². The van der Waals surface area contributed by atoms with E-state index in [4.69, 9.17) is 5.11 Å². The Balaban J connectivity index is 1.77. The Bertz CT molecular complexity index is 890. The van der Waals surface area contributed by atoms with Crippen LogP contribution in [0.2, 0.25) is 0 Å². The third-order valence-corrected chi connectivity index (χ3v) is 4.85. The maximum atomic E-state index is 12.8. The zero-order valence-corrected chi connectivity index (χ0v) is 15.4. The van der Waals surface area contributed by atoms with Crippen molar-refractivity contribution in [3.05, 3.63) is 64.7 Å². The number of anilines is 1. The lowest BCUT2D eigenvalue weighted by atomic mass is 10.1. The minimum atomic E-state index is -1.05. The molecular formula is C21H22N2O4. The number of amides is 2. The monoisotopic (exact) mass is 366 g/mol. The summed E-state index contributed by atoms with van der Waals surface area (Å²) in [6.45, 7) is 4.17. The van der Waals surface area contributed by atoms with E-state index in [-0.39, 0.29) is 17.4 Å². The van der Waals surface area contributed by atoms with Crippen LogP contribution in [0.5, 0.6) is 0 Å². The van der Waals surface area contributed by atoms with Crippen molar-refractivity contribution in [2.45, 2.75) is 39.3 Å². The zero-order chi connectivity index (χ0) is 19.6. The Hall–Kier alpha value is -3.15. The highest BCUT2D eigenvalue weighted by molar-refractivity contribution is 6.00. The Labute approximate surface area is 157 Å². The van der Waals surface area contributed by atoms with Gasteiger partial charge in [0.2, 0.25) is 11.8 Å². The van der Waals surface area contributed by atoms with E-state index in [9.17, 15) is 14.4 Å². The van der Waals surface area contributed by atoms with Crippen LogP contribution < -0.4 is 5.32 Å². The van der Waals surface area contributed by atoms with E-state index >= 15 is 0 Å². The molecule has 0 aliphatic carbocycles. The summed E-state index contributed by atoms with van der Waals surface area (Å²) in [5.74, 6) is -1.40. The van der Waals surface area contributed by atoms with Crippen LogP contribution in [0.25, 0.3) is 0 Å². The number of carboxylic acid groups (broad SMARTS) is 1. The standard InChI is InChI=1S/C21H22N2O4/c1-13-3-6-15(7-4-13)12-23-18(9-10-19(23)24)20(25)22-17-11-16(21(26)27)8-5-14(17)2/h3-8,11,18H,9-10,12H2,1-2H3,(H,22,25)(H,26,27). The fourth-order valence-electron chi connectivity index (χ4n) is 3.20. The summed E-state index contributed by atoms with van der Waals surface area (Å²) in [7, 11) is 0. The fraction of sp³-hybridized carbons (Fsp3) is 0.286. The Kier molecular flexibility index (Phi) is 5.26. The highest BCUT2D eigenvalue weighted by Gasteiger charge is 2.36. The number of rotatable bonds is 5. The Morgan fingerprint density at radius 2 is 1.85 bits per heavy atom. The maximum absolute atomic E-state index is 12.8. The van der Waals surface area contributed by atoms with Gasteiger partial charge >= 0.3 is 5.97 Å². The van der Waals surface area contributed by atoms with Crippen molar-refractivity contribution in [2.75, 3.05) is 5.32 Å². The van der Waals surface area contributed by atoms with Crippen LogP contribution in [-0.4, -0.2) is 33.8 Å². The highest BCUT2D eigenvalue weighted by Crippen LogP contribution is 2.24. The van der Waals surface area contributed by atoms with Crippen molar-refractivity contribution in [1.29, 1.82) is 0 Å². The molecule has 3 rings (SSSR count). The molecule has 0 radical (unpaired) electrons. The second-order valence-corrected chi connectivity index (χ2v) is 6.89. The molecule has 1 heterocycles. The fourth-order valence-corrected chi connectivity index (χ4v) is 3.20. The van der Waals surface area contributed by atoms with E-state index in [1.807, 2.05) is 31.2 Å². The van der Waals surface area contributed by atoms with Gasteiger partial charge in [-0.1, -0.05) is 35.9 Å². The number of benzene rings is 2. The molecule has 6 heteroatoms. The van der Waals surface area contributed by atoms with Crippen LogP contribution in [0.1, 0.15) is 39.9 Å². The van der Waals surface area contributed by atoms with Crippen LogP contribution in [0.15, 0.2) is 42.5 Å². The topological polar surface area (TPSA) is 86.7 Å². The molecule has 0 spiro atoms. The molecular weight excluding hydrogens is 344 g/mol. The lowest BCUT2D eigenvalue weighted by molar-refractivity contribution is -0.133. The van der Waals surface area contributed by atoms with E-state index in [0.29, 0.717) is 25.1 Å². The summed E-state index contributed by atoms with van der Waals surface area (Å²) < 4.78 is 0. The summed E-state index contributed by atoms with van der Waals surface area (Å²) >= 11 is 0. The number of carbonyl (C=O) groups excluding carboxylic acids is 2. The predicted octanol–water partition coefficient (Wildman–Crippen LogP) is 3.13. The summed E-state index contributed by atoms with van der Waals surface area (Å²) in [6, 6.07) is 11.9. The molecule has 1 aliphatic rings. The molecule has 2 N–H and O–H groups in total. The average Bonchev–Trinajstić information content (AvgIpc) is 2.99. The molecule has 0 aromatic heterocycles. The number of carboxylic acids is 1. The molecule has 0 saturated carbocycles. The third kappa shape index (κ3) is 4.16. The predicted molar refractivity (Wildman–Crippen MR) is 102 cm³/mol. The van der Waals surface area contributed by atoms with Crippen LogP contribution in [-0.2, 0) is 16.1 Å². The number of nitrogens with zero attached hydrogens (tertiary/aromatic N) is 1. The second kappa shape index (κ2) is 7.61. The molecule has 1 atom stereocenters. The molecule has 140 valence electrons. The van der Waals surface area contributed by atoms with Crippen LogP contribution in [0.3, 0.4) is 0 Å². The minimum absolute atomic E-state index is 0.0493. The molecule has 2 aromatic carbocycles. The van der Waals surface area contributed by atoms with Gasteiger partial charge < -0.3 is 15.3 Å².